The molecule has 0 saturated carbocycles. The van der Waals surface area contributed by atoms with Crippen LogP contribution in [0.1, 0.15) is 35.9 Å². The van der Waals surface area contributed by atoms with Gasteiger partial charge in [0.25, 0.3) is 5.91 Å². The van der Waals surface area contributed by atoms with E-state index >= 15 is 0 Å². The zero-order chi connectivity index (χ0) is 18.0. The number of rotatable bonds is 5. The molecular formula is C19H23N3O3. The number of nitrogens with zero attached hydrogens (tertiary/aromatic N) is 2. The molecule has 1 fully saturated rings. The van der Waals surface area contributed by atoms with Crippen molar-refractivity contribution in [1.82, 2.24) is 14.9 Å². The fourth-order valence-corrected chi connectivity index (χ4v) is 3.53. The van der Waals surface area contributed by atoms with Crippen molar-refractivity contribution in [3.8, 4) is 11.4 Å². The number of benzene rings is 1. The number of nitrogens with one attached hydrogen (secondary N) is 1. The minimum atomic E-state index is -0.822. The number of carboxylic acids is 1. The van der Waals surface area contributed by atoms with E-state index < -0.39 is 11.9 Å². The first kappa shape index (κ1) is 17.2. The van der Waals surface area contributed by atoms with Crippen LogP contribution in [0.2, 0.25) is 0 Å². The van der Waals surface area contributed by atoms with Crippen molar-refractivity contribution < 1.29 is 14.7 Å². The van der Waals surface area contributed by atoms with Crippen LogP contribution in [0.15, 0.2) is 30.3 Å². The van der Waals surface area contributed by atoms with Gasteiger partial charge in [-0.05, 0) is 19.3 Å². The molecule has 6 nitrogen and oxygen atoms in total. The maximum absolute atomic E-state index is 12.9. The van der Waals surface area contributed by atoms with E-state index in [-0.39, 0.29) is 18.4 Å². The molecule has 0 radical (unpaired) electrons. The Morgan fingerprint density at radius 2 is 2.00 bits per heavy atom. The van der Waals surface area contributed by atoms with Gasteiger partial charge in [-0.25, -0.2) is 4.98 Å². The smallest absolute Gasteiger partial charge is 0.308 e. The van der Waals surface area contributed by atoms with Gasteiger partial charge in [0.05, 0.1) is 5.92 Å². The molecule has 1 amide bonds. The molecule has 6 heteroatoms. The number of amides is 1. The molecule has 3 rings (SSSR count). The lowest BCUT2D eigenvalue weighted by Crippen LogP contribution is -2.30. The third-order valence-electron chi connectivity index (χ3n) is 4.84. The molecule has 1 saturated heterocycles. The van der Waals surface area contributed by atoms with Crippen molar-refractivity contribution in [2.75, 3.05) is 13.1 Å². The molecule has 2 aromatic rings. The molecule has 1 aromatic carbocycles. The first-order valence-electron chi connectivity index (χ1n) is 8.65. The summed E-state index contributed by atoms with van der Waals surface area (Å²) in [6.07, 6.45) is 1.73. The molecule has 1 aromatic heterocycles. The minimum Gasteiger partial charge on any atom is -0.481 e. The van der Waals surface area contributed by atoms with Crippen molar-refractivity contribution in [2.45, 2.75) is 26.7 Å². The summed E-state index contributed by atoms with van der Waals surface area (Å²) in [4.78, 5) is 33.6. The first-order chi connectivity index (χ1) is 12.0. The molecule has 2 atom stereocenters. The minimum absolute atomic E-state index is 0.0132. The van der Waals surface area contributed by atoms with E-state index in [0.29, 0.717) is 23.8 Å². The SMILES string of the molecule is CCCC1CN(C(=O)c2nc(-c3ccccc3)[nH]c2C)CC1C(=O)O. The van der Waals surface area contributed by atoms with Crippen LogP contribution in [0.4, 0.5) is 0 Å². The number of hydrogen-bond donors (Lipinski definition) is 2. The Bertz CT molecular complexity index is 769. The Labute approximate surface area is 146 Å². The molecular weight excluding hydrogens is 318 g/mol. The van der Waals surface area contributed by atoms with E-state index in [2.05, 4.69) is 9.97 Å². The summed E-state index contributed by atoms with van der Waals surface area (Å²) in [7, 11) is 0. The van der Waals surface area contributed by atoms with Gasteiger partial charge in [-0.2, -0.15) is 0 Å². The predicted octanol–water partition coefficient (Wildman–Crippen LogP) is 2.96. The largest absolute Gasteiger partial charge is 0.481 e. The van der Waals surface area contributed by atoms with Crippen LogP contribution in [0, 0.1) is 18.8 Å². The lowest BCUT2D eigenvalue weighted by Gasteiger charge is -2.15. The maximum Gasteiger partial charge on any atom is 0.308 e. The molecule has 0 spiro atoms. The van der Waals surface area contributed by atoms with Crippen molar-refractivity contribution in [3.63, 3.8) is 0 Å². The Balaban J connectivity index is 1.82. The molecule has 132 valence electrons. The monoisotopic (exact) mass is 341 g/mol. The molecule has 1 aliphatic heterocycles. The Hall–Kier alpha value is -2.63. The second-order valence-corrected chi connectivity index (χ2v) is 6.63. The fraction of sp³-hybridized carbons (Fsp3) is 0.421. The average molecular weight is 341 g/mol. The highest BCUT2D eigenvalue weighted by Crippen LogP contribution is 2.29. The molecule has 2 unspecified atom stereocenters. The van der Waals surface area contributed by atoms with Crippen LogP contribution in [0.5, 0.6) is 0 Å². The summed E-state index contributed by atoms with van der Waals surface area (Å²) in [6, 6.07) is 9.62. The quantitative estimate of drug-likeness (QED) is 0.875. The number of aromatic amines is 1. The maximum atomic E-state index is 12.9. The Morgan fingerprint density at radius 3 is 2.64 bits per heavy atom. The lowest BCUT2D eigenvalue weighted by molar-refractivity contribution is -0.142. The number of carbonyl (C=O) groups excluding carboxylic acids is 1. The summed E-state index contributed by atoms with van der Waals surface area (Å²) in [5.74, 6) is -0.838. The van der Waals surface area contributed by atoms with Crippen LogP contribution in [-0.2, 0) is 4.79 Å². The van der Waals surface area contributed by atoms with E-state index in [0.717, 1.165) is 18.4 Å². The number of hydrogen-bond acceptors (Lipinski definition) is 3. The molecule has 0 bridgehead atoms. The number of aromatic nitrogens is 2. The van der Waals surface area contributed by atoms with Crippen molar-refractivity contribution in [2.24, 2.45) is 11.8 Å². The van der Waals surface area contributed by atoms with Crippen LogP contribution < -0.4 is 0 Å². The van der Waals surface area contributed by atoms with Gasteiger partial charge >= 0.3 is 5.97 Å². The van der Waals surface area contributed by atoms with Gasteiger partial charge in [0.2, 0.25) is 0 Å². The second-order valence-electron chi connectivity index (χ2n) is 6.63. The third kappa shape index (κ3) is 3.43. The van der Waals surface area contributed by atoms with Crippen LogP contribution in [-0.4, -0.2) is 44.9 Å². The van der Waals surface area contributed by atoms with E-state index in [1.54, 1.807) is 4.90 Å². The lowest BCUT2D eigenvalue weighted by atomic mass is 9.92. The predicted molar refractivity (Wildman–Crippen MR) is 94.2 cm³/mol. The highest BCUT2D eigenvalue weighted by atomic mass is 16.4. The summed E-state index contributed by atoms with van der Waals surface area (Å²) in [5, 5.41) is 9.43. The second kappa shape index (κ2) is 7.09. The Kier molecular flexibility index (Phi) is 4.88. The van der Waals surface area contributed by atoms with Crippen LogP contribution in [0.3, 0.4) is 0 Å². The van der Waals surface area contributed by atoms with Crippen molar-refractivity contribution in [3.05, 3.63) is 41.7 Å². The van der Waals surface area contributed by atoms with Gasteiger partial charge in [0, 0.05) is 24.3 Å². The highest BCUT2D eigenvalue weighted by molar-refractivity contribution is 5.94. The van der Waals surface area contributed by atoms with Gasteiger partial charge < -0.3 is 15.0 Å². The first-order valence-corrected chi connectivity index (χ1v) is 8.65. The van der Waals surface area contributed by atoms with Crippen LogP contribution in [0.25, 0.3) is 11.4 Å². The molecule has 25 heavy (non-hydrogen) atoms. The van der Waals surface area contributed by atoms with E-state index in [1.165, 1.54) is 0 Å². The van der Waals surface area contributed by atoms with Crippen LogP contribution >= 0.6 is 0 Å². The number of carboxylic acid groups (broad SMARTS) is 1. The van der Waals surface area contributed by atoms with E-state index in [1.807, 2.05) is 44.2 Å². The van der Waals surface area contributed by atoms with Crippen molar-refractivity contribution >= 4 is 11.9 Å². The summed E-state index contributed by atoms with van der Waals surface area (Å²) >= 11 is 0. The number of carbonyl (C=O) groups is 2. The van der Waals surface area contributed by atoms with Gasteiger partial charge in [0.1, 0.15) is 11.5 Å². The summed E-state index contributed by atoms with van der Waals surface area (Å²) in [6.45, 7) is 4.59. The normalized spacial score (nSPS) is 20.0. The summed E-state index contributed by atoms with van der Waals surface area (Å²) in [5.41, 5.74) is 1.99. The molecule has 0 aliphatic carbocycles. The molecule has 1 aliphatic rings. The molecule has 2 N–H and O–H groups in total. The third-order valence-corrected chi connectivity index (χ3v) is 4.84. The Morgan fingerprint density at radius 1 is 1.28 bits per heavy atom. The topological polar surface area (TPSA) is 86.3 Å². The fourth-order valence-electron chi connectivity index (χ4n) is 3.53. The summed E-state index contributed by atoms with van der Waals surface area (Å²) < 4.78 is 0. The van der Waals surface area contributed by atoms with Gasteiger partial charge in [-0.15, -0.1) is 0 Å². The number of imidazole rings is 1. The number of aryl methyl sites for hydroxylation is 1. The average Bonchev–Trinajstić information content (AvgIpc) is 3.19. The zero-order valence-corrected chi connectivity index (χ0v) is 14.5. The van der Waals surface area contributed by atoms with Gasteiger partial charge in [0.15, 0.2) is 0 Å². The van der Waals surface area contributed by atoms with E-state index in [4.69, 9.17) is 0 Å². The number of aliphatic carboxylic acids is 1. The number of likely N-dealkylation sites (tertiary alicyclic amines) is 1. The van der Waals surface area contributed by atoms with Gasteiger partial charge in [-0.3, -0.25) is 9.59 Å². The van der Waals surface area contributed by atoms with Crippen molar-refractivity contribution in [1.29, 1.82) is 0 Å². The molecule has 2 heterocycles. The highest BCUT2D eigenvalue weighted by Gasteiger charge is 2.40. The van der Waals surface area contributed by atoms with Gasteiger partial charge in [-0.1, -0.05) is 43.7 Å². The number of H-pyrrole nitrogens is 1. The standard InChI is InChI=1S/C19H23N3O3/c1-3-7-14-10-22(11-15(14)19(24)25)18(23)16-12(2)20-17(21-16)13-8-5-4-6-9-13/h4-6,8-9,14-15H,3,7,10-11H2,1-2H3,(H,20,21)(H,24,25). The van der Waals surface area contributed by atoms with E-state index in [9.17, 15) is 14.7 Å². The zero-order valence-electron chi connectivity index (χ0n) is 14.5.